The van der Waals surface area contributed by atoms with Gasteiger partial charge in [-0.1, -0.05) is 31.3 Å². The summed E-state index contributed by atoms with van der Waals surface area (Å²) in [6.45, 7) is 2.12. The number of methoxy groups -OCH3 is 1. The van der Waals surface area contributed by atoms with Crippen molar-refractivity contribution < 1.29 is 4.74 Å². The number of ether oxygens (including phenoxy) is 1. The van der Waals surface area contributed by atoms with Crippen molar-refractivity contribution in [1.82, 2.24) is 9.97 Å². The molecule has 0 aliphatic rings. The maximum Gasteiger partial charge on any atom is 0.130 e. The first-order valence-corrected chi connectivity index (χ1v) is 6.38. The van der Waals surface area contributed by atoms with Gasteiger partial charge in [-0.25, -0.2) is 4.98 Å². The number of rotatable bonds is 4. The molecule has 1 aromatic heterocycles. The van der Waals surface area contributed by atoms with E-state index in [1.807, 2.05) is 30.3 Å². The fourth-order valence-corrected chi connectivity index (χ4v) is 2.04. The first-order valence-electron chi connectivity index (χ1n) is 5.97. The average Bonchev–Trinajstić information content (AvgIpc) is 2.38. The molecule has 0 fully saturated rings. The molecule has 0 saturated carbocycles. The predicted molar refractivity (Wildman–Crippen MR) is 75.4 cm³/mol. The molecular formula is C14H16N2OS. The molecule has 0 atom stereocenters. The second-order valence-corrected chi connectivity index (χ2v) is 4.48. The van der Waals surface area contributed by atoms with Crippen LogP contribution in [0.15, 0.2) is 30.3 Å². The van der Waals surface area contributed by atoms with Gasteiger partial charge in [0.05, 0.1) is 7.11 Å². The van der Waals surface area contributed by atoms with Crippen LogP contribution in [0.25, 0.3) is 11.3 Å². The van der Waals surface area contributed by atoms with Crippen LogP contribution in [0.3, 0.4) is 0 Å². The standard InChI is InChI=1S/C14H16N2OS/c1-3-5-13-15-12(9-14(18)16-13)10-6-4-7-11(8-10)17-2/h4,6-9H,3,5H2,1-2H3,(H,15,16,18). The average molecular weight is 260 g/mol. The molecule has 0 spiro atoms. The van der Waals surface area contributed by atoms with Gasteiger partial charge in [0.1, 0.15) is 16.2 Å². The lowest BCUT2D eigenvalue weighted by atomic mass is 10.1. The maximum absolute atomic E-state index is 5.23. The Kier molecular flexibility index (Phi) is 4.10. The molecule has 18 heavy (non-hydrogen) atoms. The minimum Gasteiger partial charge on any atom is -0.497 e. The zero-order valence-corrected chi connectivity index (χ0v) is 11.4. The molecular weight excluding hydrogens is 244 g/mol. The molecule has 0 bridgehead atoms. The highest BCUT2D eigenvalue weighted by Crippen LogP contribution is 2.22. The van der Waals surface area contributed by atoms with E-state index in [2.05, 4.69) is 16.9 Å². The number of benzene rings is 1. The fourth-order valence-electron chi connectivity index (χ4n) is 1.81. The zero-order chi connectivity index (χ0) is 13.0. The van der Waals surface area contributed by atoms with Crippen molar-refractivity contribution in [1.29, 1.82) is 0 Å². The number of H-pyrrole nitrogens is 1. The Labute approximate surface area is 112 Å². The van der Waals surface area contributed by atoms with E-state index in [1.165, 1.54) is 0 Å². The van der Waals surface area contributed by atoms with Crippen molar-refractivity contribution >= 4 is 12.2 Å². The Morgan fingerprint density at radius 2 is 2.17 bits per heavy atom. The highest BCUT2D eigenvalue weighted by Gasteiger charge is 2.03. The van der Waals surface area contributed by atoms with Crippen molar-refractivity contribution in [3.8, 4) is 17.0 Å². The highest BCUT2D eigenvalue weighted by molar-refractivity contribution is 7.71. The summed E-state index contributed by atoms with van der Waals surface area (Å²) in [7, 11) is 1.66. The van der Waals surface area contributed by atoms with Gasteiger partial charge < -0.3 is 9.72 Å². The Bertz CT molecular complexity index is 592. The van der Waals surface area contributed by atoms with E-state index in [0.29, 0.717) is 4.64 Å². The number of aryl methyl sites for hydroxylation is 1. The van der Waals surface area contributed by atoms with E-state index < -0.39 is 0 Å². The summed E-state index contributed by atoms with van der Waals surface area (Å²) in [5.74, 6) is 1.77. The minimum absolute atomic E-state index is 0.620. The molecule has 94 valence electrons. The summed E-state index contributed by atoms with van der Waals surface area (Å²) in [5, 5.41) is 0. The van der Waals surface area contributed by atoms with Crippen LogP contribution >= 0.6 is 12.2 Å². The van der Waals surface area contributed by atoms with Gasteiger partial charge in [0.2, 0.25) is 0 Å². The molecule has 0 radical (unpaired) electrons. The first kappa shape index (κ1) is 12.8. The predicted octanol–water partition coefficient (Wildman–Crippen LogP) is 3.77. The molecule has 0 saturated heterocycles. The van der Waals surface area contributed by atoms with Crippen molar-refractivity contribution in [2.24, 2.45) is 0 Å². The van der Waals surface area contributed by atoms with Gasteiger partial charge in [-0.2, -0.15) is 0 Å². The van der Waals surface area contributed by atoms with E-state index >= 15 is 0 Å². The lowest BCUT2D eigenvalue weighted by molar-refractivity contribution is 0.415. The van der Waals surface area contributed by atoms with E-state index in [0.717, 1.165) is 35.7 Å². The Morgan fingerprint density at radius 1 is 1.33 bits per heavy atom. The molecule has 2 rings (SSSR count). The van der Waals surface area contributed by atoms with E-state index in [1.54, 1.807) is 7.11 Å². The molecule has 0 aliphatic heterocycles. The van der Waals surface area contributed by atoms with Gasteiger partial charge in [-0.15, -0.1) is 0 Å². The first-order chi connectivity index (χ1) is 8.72. The van der Waals surface area contributed by atoms with Crippen LogP contribution in [0.4, 0.5) is 0 Å². The highest BCUT2D eigenvalue weighted by atomic mass is 32.1. The van der Waals surface area contributed by atoms with Crippen LogP contribution in [0.2, 0.25) is 0 Å². The summed E-state index contributed by atoms with van der Waals surface area (Å²) < 4.78 is 5.85. The normalized spacial score (nSPS) is 10.3. The second-order valence-electron chi connectivity index (χ2n) is 4.06. The maximum atomic E-state index is 5.23. The number of nitrogens with zero attached hydrogens (tertiary/aromatic N) is 1. The van der Waals surface area contributed by atoms with Crippen LogP contribution in [-0.4, -0.2) is 17.1 Å². The van der Waals surface area contributed by atoms with Gasteiger partial charge in [-0.05, 0) is 24.6 Å². The Morgan fingerprint density at radius 3 is 2.89 bits per heavy atom. The Balaban J connectivity index is 2.45. The lowest BCUT2D eigenvalue weighted by Crippen LogP contribution is -1.97. The fraction of sp³-hybridized carbons (Fsp3) is 0.286. The van der Waals surface area contributed by atoms with Gasteiger partial charge in [0, 0.05) is 17.7 Å². The number of nitrogens with one attached hydrogen (secondary N) is 1. The zero-order valence-electron chi connectivity index (χ0n) is 10.6. The van der Waals surface area contributed by atoms with Crippen molar-refractivity contribution in [2.45, 2.75) is 19.8 Å². The quantitative estimate of drug-likeness (QED) is 0.850. The largest absolute Gasteiger partial charge is 0.497 e. The molecule has 3 nitrogen and oxygen atoms in total. The van der Waals surface area contributed by atoms with Gasteiger partial charge in [0.15, 0.2) is 0 Å². The summed E-state index contributed by atoms with van der Waals surface area (Å²) in [6.07, 6.45) is 1.95. The van der Waals surface area contributed by atoms with Crippen molar-refractivity contribution in [3.63, 3.8) is 0 Å². The van der Waals surface area contributed by atoms with Crippen LogP contribution in [0.5, 0.6) is 5.75 Å². The number of aromatic nitrogens is 2. The van der Waals surface area contributed by atoms with Crippen molar-refractivity contribution in [2.75, 3.05) is 7.11 Å². The third kappa shape index (κ3) is 2.96. The molecule has 2 aromatic rings. The molecule has 0 aliphatic carbocycles. The summed E-state index contributed by atoms with van der Waals surface area (Å²) in [4.78, 5) is 7.64. The Hall–Kier alpha value is -1.68. The van der Waals surface area contributed by atoms with Crippen LogP contribution < -0.4 is 4.74 Å². The molecule has 1 N–H and O–H groups in total. The van der Waals surface area contributed by atoms with Crippen LogP contribution in [-0.2, 0) is 6.42 Å². The van der Waals surface area contributed by atoms with Crippen LogP contribution in [0.1, 0.15) is 19.2 Å². The summed E-state index contributed by atoms with van der Waals surface area (Å²) in [6, 6.07) is 9.77. The lowest BCUT2D eigenvalue weighted by Gasteiger charge is -2.07. The monoisotopic (exact) mass is 260 g/mol. The molecule has 0 unspecified atom stereocenters. The number of aromatic amines is 1. The summed E-state index contributed by atoms with van der Waals surface area (Å²) >= 11 is 5.20. The number of hydrogen-bond donors (Lipinski definition) is 1. The third-order valence-electron chi connectivity index (χ3n) is 2.66. The van der Waals surface area contributed by atoms with E-state index in [9.17, 15) is 0 Å². The smallest absolute Gasteiger partial charge is 0.130 e. The molecule has 0 amide bonds. The molecule has 4 heteroatoms. The molecule has 1 aromatic carbocycles. The van der Waals surface area contributed by atoms with Crippen LogP contribution in [0, 0.1) is 4.64 Å². The van der Waals surface area contributed by atoms with E-state index in [-0.39, 0.29) is 0 Å². The second kappa shape index (κ2) is 5.78. The van der Waals surface area contributed by atoms with Crippen molar-refractivity contribution in [3.05, 3.63) is 40.8 Å². The van der Waals surface area contributed by atoms with Gasteiger partial charge in [-0.3, -0.25) is 0 Å². The third-order valence-corrected chi connectivity index (χ3v) is 2.87. The molecule has 1 heterocycles. The topological polar surface area (TPSA) is 37.9 Å². The number of hydrogen-bond acceptors (Lipinski definition) is 3. The van der Waals surface area contributed by atoms with E-state index in [4.69, 9.17) is 17.0 Å². The summed E-state index contributed by atoms with van der Waals surface area (Å²) in [5.41, 5.74) is 2.04. The minimum atomic E-state index is 0.620. The SMILES string of the molecule is CCCc1nc(=S)cc(-c2cccc(OC)c2)[nH]1. The van der Waals surface area contributed by atoms with Gasteiger partial charge >= 0.3 is 0 Å². The van der Waals surface area contributed by atoms with Gasteiger partial charge in [0.25, 0.3) is 0 Å².